The molecule has 6 nitrogen and oxygen atoms in total. The number of halogens is 4. The molecule has 10 heteroatoms. The van der Waals surface area contributed by atoms with Gasteiger partial charge >= 0.3 is 12.1 Å². The summed E-state index contributed by atoms with van der Waals surface area (Å²) in [4.78, 5) is 35.0. The van der Waals surface area contributed by atoms with Crippen molar-refractivity contribution in [3.8, 4) is 0 Å². The van der Waals surface area contributed by atoms with Gasteiger partial charge in [0.25, 0.3) is 0 Å². The number of hydrogen-bond donors (Lipinski definition) is 2. The number of likely N-dealkylation sites (tertiary alicyclic amines) is 1. The topological polar surface area (TPSA) is 78.5 Å². The molecule has 22 heavy (non-hydrogen) atoms. The van der Waals surface area contributed by atoms with Crippen molar-refractivity contribution in [3.63, 3.8) is 0 Å². The fourth-order valence-electron chi connectivity index (χ4n) is 2.09. The van der Waals surface area contributed by atoms with Crippen LogP contribution in [-0.4, -0.2) is 59.8 Å². The quantitative estimate of drug-likeness (QED) is 0.516. The highest BCUT2D eigenvalue weighted by atomic mass is 79.9. The van der Waals surface area contributed by atoms with E-state index in [0.717, 1.165) is 11.8 Å². The highest BCUT2D eigenvalue weighted by molar-refractivity contribution is 9.09. The van der Waals surface area contributed by atoms with Crippen molar-refractivity contribution in [2.24, 2.45) is 0 Å². The molecule has 1 fully saturated rings. The molecule has 0 saturated carbocycles. The van der Waals surface area contributed by atoms with Gasteiger partial charge in [-0.3, -0.25) is 14.4 Å². The third-order valence-corrected chi connectivity index (χ3v) is 3.68. The van der Waals surface area contributed by atoms with E-state index in [2.05, 4.69) is 26.6 Å². The maximum absolute atomic E-state index is 12.4. The molecule has 1 saturated heterocycles. The van der Waals surface area contributed by atoms with E-state index < -0.39 is 29.9 Å². The fraction of sp³-hybridized carbons (Fsp3) is 0.750. The van der Waals surface area contributed by atoms with Crippen LogP contribution < -0.4 is 10.6 Å². The van der Waals surface area contributed by atoms with Gasteiger partial charge in [-0.05, 0) is 19.3 Å². The van der Waals surface area contributed by atoms with Crippen LogP contribution in [0.5, 0.6) is 0 Å². The lowest BCUT2D eigenvalue weighted by Gasteiger charge is -2.24. The van der Waals surface area contributed by atoms with E-state index in [1.807, 2.05) is 0 Å². The van der Waals surface area contributed by atoms with Crippen molar-refractivity contribution in [1.82, 2.24) is 15.5 Å². The zero-order chi connectivity index (χ0) is 16.8. The van der Waals surface area contributed by atoms with E-state index in [0.29, 0.717) is 17.9 Å². The molecule has 0 aliphatic carbocycles. The molecule has 0 radical (unpaired) electrons. The Labute approximate surface area is 133 Å². The van der Waals surface area contributed by atoms with Gasteiger partial charge < -0.3 is 15.5 Å². The summed E-state index contributed by atoms with van der Waals surface area (Å²) in [5.41, 5.74) is 0. The summed E-state index contributed by atoms with van der Waals surface area (Å²) in [6.07, 6.45) is -3.82. The van der Waals surface area contributed by atoms with Gasteiger partial charge in [0.15, 0.2) is 0 Å². The van der Waals surface area contributed by atoms with Crippen molar-refractivity contribution in [1.29, 1.82) is 0 Å². The third-order valence-electron chi connectivity index (χ3n) is 3.11. The second-order valence-corrected chi connectivity index (χ2v) is 5.56. The first kappa shape index (κ1) is 18.7. The van der Waals surface area contributed by atoms with E-state index in [1.54, 1.807) is 0 Å². The van der Waals surface area contributed by atoms with Crippen molar-refractivity contribution < 1.29 is 27.6 Å². The monoisotopic (exact) mass is 387 g/mol. The predicted octanol–water partition coefficient (Wildman–Crippen LogP) is 0.557. The minimum Gasteiger partial charge on any atom is -0.355 e. The summed E-state index contributed by atoms with van der Waals surface area (Å²) >= 11 is 3.19. The smallest absolute Gasteiger partial charge is 0.355 e. The van der Waals surface area contributed by atoms with Gasteiger partial charge in [-0.15, -0.1) is 0 Å². The minimum absolute atomic E-state index is 0.117. The van der Waals surface area contributed by atoms with Crippen LogP contribution in [0.3, 0.4) is 0 Å². The average Bonchev–Trinajstić information content (AvgIpc) is 2.92. The second-order valence-electron chi connectivity index (χ2n) is 4.76. The van der Waals surface area contributed by atoms with Crippen LogP contribution >= 0.6 is 15.9 Å². The molecule has 1 atom stereocenters. The molecule has 0 aromatic heterocycles. The first-order chi connectivity index (χ1) is 10.3. The maximum atomic E-state index is 12.4. The zero-order valence-corrected chi connectivity index (χ0v) is 13.3. The van der Waals surface area contributed by atoms with E-state index in [-0.39, 0.29) is 19.5 Å². The van der Waals surface area contributed by atoms with Gasteiger partial charge in [-0.25, -0.2) is 0 Å². The Kier molecular flexibility index (Phi) is 7.11. The van der Waals surface area contributed by atoms with Crippen molar-refractivity contribution in [2.45, 2.75) is 31.5 Å². The lowest BCUT2D eigenvalue weighted by Crippen LogP contribution is -2.51. The molecule has 3 amide bonds. The van der Waals surface area contributed by atoms with Gasteiger partial charge in [-0.2, -0.15) is 13.2 Å². The summed E-state index contributed by atoms with van der Waals surface area (Å²) in [6.45, 7) is -0.0123. The molecule has 1 heterocycles. The van der Waals surface area contributed by atoms with Crippen LogP contribution in [0.15, 0.2) is 0 Å². The number of alkyl halides is 4. The molecule has 0 bridgehead atoms. The Bertz CT molecular complexity index is 432. The predicted molar refractivity (Wildman–Crippen MR) is 75.2 cm³/mol. The molecule has 0 aromatic rings. The molecule has 1 aliphatic heterocycles. The van der Waals surface area contributed by atoms with E-state index in [4.69, 9.17) is 0 Å². The summed E-state index contributed by atoms with van der Waals surface area (Å²) < 4.78 is 37.3. The van der Waals surface area contributed by atoms with E-state index >= 15 is 0 Å². The molecular formula is C12H17BrF3N3O3. The summed E-state index contributed by atoms with van der Waals surface area (Å²) in [5.74, 6) is -3.20. The SMILES string of the molecule is O=C(CNC(=O)[C@@H]1CCCN1C(=O)C(F)(F)F)NCCCBr. The summed E-state index contributed by atoms with van der Waals surface area (Å²) in [6, 6.07) is -1.18. The first-order valence-electron chi connectivity index (χ1n) is 6.75. The molecule has 0 aromatic carbocycles. The number of nitrogens with zero attached hydrogens (tertiary/aromatic N) is 1. The first-order valence-corrected chi connectivity index (χ1v) is 7.87. The van der Waals surface area contributed by atoms with Gasteiger partial charge in [0.1, 0.15) is 6.04 Å². The number of carbonyl (C=O) groups excluding carboxylic acids is 3. The van der Waals surface area contributed by atoms with E-state index in [9.17, 15) is 27.6 Å². The molecule has 126 valence electrons. The Morgan fingerprint density at radius 2 is 1.91 bits per heavy atom. The number of carbonyl (C=O) groups is 3. The summed E-state index contributed by atoms with van der Waals surface area (Å²) in [5, 5.41) is 5.53. The van der Waals surface area contributed by atoms with Crippen molar-refractivity contribution in [3.05, 3.63) is 0 Å². The molecule has 1 aliphatic rings. The molecular weight excluding hydrogens is 371 g/mol. The number of rotatable bonds is 6. The Morgan fingerprint density at radius 1 is 1.23 bits per heavy atom. The maximum Gasteiger partial charge on any atom is 0.471 e. The average molecular weight is 388 g/mol. The van der Waals surface area contributed by atoms with Gasteiger partial charge in [0, 0.05) is 18.4 Å². The van der Waals surface area contributed by atoms with Gasteiger partial charge in [0.05, 0.1) is 6.54 Å². The van der Waals surface area contributed by atoms with Crippen molar-refractivity contribution in [2.75, 3.05) is 25.0 Å². The third kappa shape index (κ3) is 5.47. The Hall–Kier alpha value is -1.32. The van der Waals surface area contributed by atoms with Crippen LogP contribution in [0.4, 0.5) is 13.2 Å². The highest BCUT2D eigenvalue weighted by Gasteiger charge is 2.47. The minimum atomic E-state index is -5.00. The standard InChI is InChI=1S/C12H17BrF3N3O3/c13-4-2-5-17-9(20)7-18-10(21)8-3-1-6-19(8)11(22)12(14,15)16/h8H,1-7H2,(H,17,20)(H,18,21)/t8-/m0/s1. The summed E-state index contributed by atoms with van der Waals surface area (Å²) in [7, 11) is 0. The van der Waals surface area contributed by atoms with Gasteiger partial charge in [-0.1, -0.05) is 15.9 Å². The lowest BCUT2D eigenvalue weighted by molar-refractivity contribution is -0.186. The lowest BCUT2D eigenvalue weighted by atomic mass is 10.2. The van der Waals surface area contributed by atoms with Crippen molar-refractivity contribution >= 4 is 33.7 Å². The number of hydrogen-bond acceptors (Lipinski definition) is 3. The Morgan fingerprint density at radius 3 is 2.50 bits per heavy atom. The molecule has 0 unspecified atom stereocenters. The molecule has 1 rings (SSSR count). The number of amides is 3. The largest absolute Gasteiger partial charge is 0.471 e. The number of nitrogens with one attached hydrogen (secondary N) is 2. The van der Waals surface area contributed by atoms with E-state index in [1.165, 1.54) is 0 Å². The highest BCUT2D eigenvalue weighted by Crippen LogP contribution is 2.25. The molecule has 0 spiro atoms. The Balaban J connectivity index is 2.47. The van der Waals surface area contributed by atoms with Crippen LogP contribution in [0.1, 0.15) is 19.3 Å². The zero-order valence-electron chi connectivity index (χ0n) is 11.7. The van der Waals surface area contributed by atoms with Crippen LogP contribution in [0, 0.1) is 0 Å². The fourth-order valence-corrected chi connectivity index (χ4v) is 2.37. The van der Waals surface area contributed by atoms with Crippen LogP contribution in [-0.2, 0) is 14.4 Å². The second kappa shape index (κ2) is 8.35. The van der Waals surface area contributed by atoms with Gasteiger partial charge in [0.2, 0.25) is 11.8 Å². The van der Waals surface area contributed by atoms with Crippen LogP contribution in [0.25, 0.3) is 0 Å². The molecule has 2 N–H and O–H groups in total. The normalized spacial score (nSPS) is 18.2. The van der Waals surface area contributed by atoms with Crippen LogP contribution in [0.2, 0.25) is 0 Å².